The Bertz CT molecular complexity index is 1300. The predicted octanol–water partition coefficient (Wildman–Crippen LogP) is 5.39. The number of hydrogen-bond acceptors (Lipinski definition) is 8. The second kappa shape index (κ2) is 9.49. The number of aryl methyl sites for hydroxylation is 1. The van der Waals surface area contributed by atoms with Crippen LogP contribution in [0.25, 0.3) is 20.7 Å². The van der Waals surface area contributed by atoms with Crippen LogP contribution < -0.4 is 14.9 Å². The lowest BCUT2D eigenvalue weighted by Gasteiger charge is -2.09. The molecule has 32 heavy (non-hydrogen) atoms. The van der Waals surface area contributed by atoms with Crippen LogP contribution in [0.4, 0.5) is 5.82 Å². The van der Waals surface area contributed by atoms with Crippen LogP contribution >= 0.6 is 11.3 Å². The first kappa shape index (κ1) is 21.3. The first-order valence-corrected chi connectivity index (χ1v) is 10.7. The van der Waals surface area contributed by atoms with E-state index in [1.807, 2.05) is 31.2 Å². The number of rotatable bonds is 8. The van der Waals surface area contributed by atoms with Gasteiger partial charge in [0, 0.05) is 10.4 Å². The number of phenols is 1. The summed E-state index contributed by atoms with van der Waals surface area (Å²) in [6.45, 7) is 6.20. The lowest BCUT2D eigenvalue weighted by atomic mass is 10.1. The fourth-order valence-electron chi connectivity index (χ4n) is 3.24. The summed E-state index contributed by atoms with van der Waals surface area (Å²) in [6, 6.07) is 13.0. The average molecular weight is 447 g/mol. The van der Waals surface area contributed by atoms with Crippen LogP contribution in [0.2, 0.25) is 0 Å². The molecule has 4 rings (SSSR count). The van der Waals surface area contributed by atoms with Crippen molar-refractivity contribution in [2.24, 2.45) is 5.10 Å². The van der Waals surface area contributed by atoms with Gasteiger partial charge >= 0.3 is 0 Å². The highest BCUT2D eigenvalue weighted by Crippen LogP contribution is 2.43. The number of fused-ring (bicyclic) bond motifs is 1. The van der Waals surface area contributed by atoms with Crippen molar-refractivity contribution in [3.63, 3.8) is 0 Å². The molecule has 4 aromatic rings. The van der Waals surface area contributed by atoms with E-state index in [-0.39, 0.29) is 5.75 Å². The molecule has 162 valence electrons. The number of aromatic nitrogens is 2. The second-order valence-electron chi connectivity index (χ2n) is 6.85. The Morgan fingerprint density at radius 2 is 2.03 bits per heavy atom. The van der Waals surface area contributed by atoms with E-state index in [9.17, 15) is 5.11 Å². The number of methoxy groups -OCH3 is 1. The summed E-state index contributed by atoms with van der Waals surface area (Å²) < 4.78 is 11.8. The molecule has 0 saturated heterocycles. The van der Waals surface area contributed by atoms with Gasteiger partial charge in [-0.1, -0.05) is 24.8 Å². The van der Waals surface area contributed by atoms with Crippen molar-refractivity contribution in [3.05, 3.63) is 72.6 Å². The number of thiophene rings is 1. The van der Waals surface area contributed by atoms with Gasteiger partial charge in [0.05, 0.1) is 23.5 Å². The lowest BCUT2D eigenvalue weighted by Crippen LogP contribution is -1.95. The number of para-hydroxylation sites is 1. The minimum atomic E-state index is 0.0525. The van der Waals surface area contributed by atoms with Gasteiger partial charge in [0.25, 0.3) is 0 Å². The Morgan fingerprint density at radius 3 is 2.81 bits per heavy atom. The standard InChI is InChI=1S/C24H22N4O3S/c1-4-11-31-19-8-6-5-7-17(19)22-15(2)21-23(32-22)24(26-14-25-21)28-27-13-16-9-10-20(30-3)18(29)12-16/h4-10,12-14,29H,1,11H2,2-3H3,(H,25,26,28). The number of benzene rings is 2. The van der Waals surface area contributed by atoms with Gasteiger partial charge in [-0.15, -0.1) is 11.3 Å². The van der Waals surface area contributed by atoms with E-state index in [1.54, 1.807) is 41.8 Å². The molecular formula is C24H22N4O3S. The highest BCUT2D eigenvalue weighted by atomic mass is 32.1. The molecule has 2 N–H and O–H groups in total. The summed E-state index contributed by atoms with van der Waals surface area (Å²) in [5.74, 6) is 1.86. The molecule has 0 fully saturated rings. The van der Waals surface area contributed by atoms with Gasteiger partial charge in [-0.3, -0.25) is 5.43 Å². The number of phenolic OH excluding ortho intramolecular Hbond substituents is 1. The Balaban J connectivity index is 1.65. The SMILES string of the molecule is C=CCOc1ccccc1-c1sc2c(NN=Cc3ccc(OC)c(O)c3)ncnc2c1C. The monoisotopic (exact) mass is 446 g/mol. The Labute approximate surface area is 189 Å². The molecule has 8 heteroatoms. The second-order valence-corrected chi connectivity index (χ2v) is 7.87. The fourth-order valence-corrected chi connectivity index (χ4v) is 4.47. The van der Waals surface area contributed by atoms with Gasteiger partial charge in [0.1, 0.15) is 18.7 Å². The minimum Gasteiger partial charge on any atom is -0.504 e. The normalized spacial score (nSPS) is 11.1. The van der Waals surface area contributed by atoms with Crippen LogP contribution in [0.3, 0.4) is 0 Å². The molecule has 0 aliphatic heterocycles. The number of hydrazone groups is 1. The van der Waals surface area contributed by atoms with Crippen LogP contribution in [0.15, 0.2) is 66.5 Å². The van der Waals surface area contributed by atoms with Crippen LogP contribution in [-0.4, -0.2) is 35.0 Å². The summed E-state index contributed by atoms with van der Waals surface area (Å²) >= 11 is 1.58. The molecule has 0 aliphatic rings. The third-order valence-electron chi connectivity index (χ3n) is 4.78. The summed E-state index contributed by atoms with van der Waals surface area (Å²) in [5, 5.41) is 14.2. The van der Waals surface area contributed by atoms with E-state index in [0.29, 0.717) is 18.2 Å². The van der Waals surface area contributed by atoms with E-state index in [2.05, 4.69) is 27.1 Å². The molecule has 2 aromatic heterocycles. The maximum absolute atomic E-state index is 9.93. The smallest absolute Gasteiger partial charge is 0.167 e. The van der Waals surface area contributed by atoms with Gasteiger partial charge < -0.3 is 14.6 Å². The third-order valence-corrected chi connectivity index (χ3v) is 6.10. The van der Waals surface area contributed by atoms with E-state index in [0.717, 1.165) is 37.5 Å². The molecular weight excluding hydrogens is 424 g/mol. The third kappa shape index (κ3) is 4.26. The van der Waals surface area contributed by atoms with Gasteiger partial charge in [0.15, 0.2) is 17.3 Å². The molecule has 0 amide bonds. The molecule has 0 saturated carbocycles. The Kier molecular flexibility index (Phi) is 6.32. The average Bonchev–Trinajstić information content (AvgIpc) is 3.15. The van der Waals surface area contributed by atoms with E-state index < -0.39 is 0 Å². The molecule has 2 aromatic carbocycles. The summed E-state index contributed by atoms with van der Waals surface area (Å²) in [5.41, 5.74) is 6.62. The zero-order valence-corrected chi connectivity index (χ0v) is 18.5. The number of nitrogens with one attached hydrogen (secondary N) is 1. The number of ether oxygens (including phenoxy) is 2. The van der Waals surface area contributed by atoms with Crippen LogP contribution in [-0.2, 0) is 0 Å². The predicted molar refractivity (Wildman–Crippen MR) is 129 cm³/mol. The fraction of sp³-hybridized carbons (Fsp3) is 0.125. The number of aromatic hydroxyl groups is 1. The summed E-state index contributed by atoms with van der Waals surface area (Å²) in [7, 11) is 1.51. The van der Waals surface area contributed by atoms with Gasteiger partial charge in [-0.05, 0) is 48.4 Å². The molecule has 0 aliphatic carbocycles. The van der Waals surface area contributed by atoms with Crippen molar-refractivity contribution in [1.29, 1.82) is 0 Å². The zero-order valence-electron chi connectivity index (χ0n) is 17.7. The number of nitrogens with zero attached hydrogens (tertiary/aromatic N) is 3. The van der Waals surface area contributed by atoms with E-state index >= 15 is 0 Å². The summed E-state index contributed by atoms with van der Waals surface area (Å²) in [6.07, 6.45) is 4.85. The van der Waals surface area contributed by atoms with Crippen molar-refractivity contribution in [1.82, 2.24) is 9.97 Å². The largest absolute Gasteiger partial charge is 0.504 e. The topological polar surface area (TPSA) is 88.9 Å². The van der Waals surface area contributed by atoms with Crippen molar-refractivity contribution in [2.45, 2.75) is 6.92 Å². The van der Waals surface area contributed by atoms with Gasteiger partial charge in [-0.2, -0.15) is 5.10 Å². The quantitative estimate of drug-likeness (QED) is 0.214. The maximum atomic E-state index is 9.93. The van der Waals surface area contributed by atoms with Crippen molar-refractivity contribution < 1.29 is 14.6 Å². The molecule has 0 unspecified atom stereocenters. The van der Waals surface area contributed by atoms with Crippen molar-refractivity contribution >= 4 is 33.6 Å². The number of hydrogen-bond donors (Lipinski definition) is 2. The molecule has 7 nitrogen and oxygen atoms in total. The number of anilines is 1. The molecule has 0 bridgehead atoms. The molecule has 2 heterocycles. The van der Waals surface area contributed by atoms with Crippen molar-refractivity contribution in [2.75, 3.05) is 19.1 Å². The summed E-state index contributed by atoms with van der Waals surface area (Å²) in [4.78, 5) is 9.91. The maximum Gasteiger partial charge on any atom is 0.167 e. The first-order valence-electron chi connectivity index (χ1n) is 9.85. The van der Waals surface area contributed by atoms with Crippen LogP contribution in [0, 0.1) is 6.92 Å². The first-order chi connectivity index (χ1) is 15.6. The van der Waals surface area contributed by atoms with E-state index in [4.69, 9.17) is 9.47 Å². The zero-order chi connectivity index (χ0) is 22.5. The molecule has 0 spiro atoms. The Morgan fingerprint density at radius 1 is 1.19 bits per heavy atom. The highest BCUT2D eigenvalue weighted by molar-refractivity contribution is 7.23. The van der Waals surface area contributed by atoms with Crippen molar-refractivity contribution in [3.8, 4) is 27.7 Å². The molecule has 0 atom stereocenters. The van der Waals surface area contributed by atoms with E-state index in [1.165, 1.54) is 13.4 Å². The Hall–Kier alpha value is -3.91. The van der Waals surface area contributed by atoms with Crippen LogP contribution in [0.5, 0.6) is 17.2 Å². The van der Waals surface area contributed by atoms with Crippen LogP contribution in [0.1, 0.15) is 11.1 Å². The minimum absolute atomic E-state index is 0.0525. The molecule has 0 radical (unpaired) electrons. The lowest BCUT2D eigenvalue weighted by molar-refractivity contribution is 0.365. The van der Waals surface area contributed by atoms with Gasteiger partial charge in [0.2, 0.25) is 0 Å². The highest BCUT2D eigenvalue weighted by Gasteiger charge is 2.17. The van der Waals surface area contributed by atoms with Gasteiger partial charge in [-0.25, -0.2) is 9.97 Å².